The summed E-state index contributed by atoms with van der Waals surface area (Å²) in [6, 6.07) is 6.74. The summed E-state index contributed by atoms with van der Waals surface area (Å²) in [6.45, 7) is 1.20. The van der Waals surface area contributed by atoms with E-state index in [2.05, 4.69) is 5.32 Å². The lowest BCUT2D eigenvalue weighted by atomic mass is 9.49. The number of anilines is 1. The minimum atomic E-state index is -0.380. The van der Waals surface area contributed by atoms with Crippen LogP contribution in [-0.2, 0) is 14.3 Å². The Bertz CT molecular complexity index is 734. The molecular weight excluding hydrogens is 342 g/mol. The summed E-state index contributed by atoms with van der Waals surface area (Å²) >= 11 is 0. The van der Waals surface area contributed by atoms with Crippen LogP contribution in [0.1, 0.15) is 62.2 Å². The summed E-state index contributed by atoms with van der Waals surface area (Å²) in [5.41, 5.74) is 1.19. The van der Waals surface area contributed by atoms with Crippen molar-refractivity contribution in [2.24, 2.45) is 23.2 Å². The molecule has 0 radical (unpaired) electrons. The molecule has 0 spiro atoms. The van der Waals surface area contributed by atoms with Crippen LogP contribution in [0.25, 0.3) is 0 Å². The summed E-state index contributed by atoms with van der Waals surface area (Å²) < 4.78 is 5.27. The van der Waals surface area contributed by atoms with Crippen molar-refractivity contribution in [2.75, 3.05) is 11.9 Å². The van der Waals surface area contributed by atoms with Gasteiger partial charge in [-0.15, -0.1) is 0 Å². The fourth-order valence-electron chi connectivity index (χ4n) is 6.02. The molecule has 5 rings (SSSR count). The third-order valence-corrected chi connectivity index (χ3v) is 6.60. The van der Waals surface area contributed by atoms with Gasteiger partial charge in [-0.05, 0) is 80.8 Å². The first-order chi connectivity index (χ1) is 12.9. The summed E-state index contributed by atoms with van der Waals surface area (Å²) in [6.07, 6.45) is 7.93. The Kier molecular flexibility index (Phi) is 4.79. The highest BCUT2D eigenvalue weighted by atomic mass is 16.5. The zero-order chi connectivity index (χ0) is 19.0. The third-order valence-electron chi connectivity index (χ3n) is 6.60. The molecule has 0 saturated heterocycles. The summed E-state index contributed by atoms with van der Waals surface area (Å²) in [7, 11) is 0. The molecule has 1 N–H and O–H groups in total. The number of rotatable bonds is 6. The number of esters is 1. The van der Waals surface area contributed by atoms with Crippen LogP contribution in [-0.4, -0.2) is 24.3 Å². The van der Waals surface area contributed by atoms with Crippen LogP contribution >= 0.6 is 0 Å². The lowest BCUT2D eigenvalue weighted by molar-refractivity contribution is -0.154. The zero-order valence-corrected chi connectivity index (χ0v) is 15.8. The van der Waals surface area contributed by atoms with Crippen LogP contribution in [0.3, 0.4) is 0 Å². The molecule has 0 atom stereocenters. The topological polar surface area (TPSA) is 72.5 Å². The number of carbonyl (C=O) groups excluding carboxylic acids is 3. The molecule has 4 aliphatic carbocycles. The summed E-state index contributed by atoms with van der Waals surface area (Å²) in [5, 5.41) is 2.68. The number of ketones is 1. The molecule has 27 heavy (non-hydrogen) atoms. The lowest BCUT2D eigenvalue weighted by Gasteiger charge is -2.56. The van der Waals surface area contributed by atoms with E-state index in [-0.39, 0.29) is 29.7 Å². The minimum Gasteiger partial charge on any atom is -0.456 e. The molecule has 1 amide bonds. The fourth-order valence-corrected chi connectivity index (χ4v) is 6.02. The molecule has 4 bridgehead atoms. The number of hydrogen-bond donors (Lipinski definition) is 1. The van der Waals surface area contributed by atoms with Gasteiger partial charge in [-0.25, -0.2) is 0 Å². The van der Waals surface area contributed by atoms with Crippen LogP contribution in [0, 0.1) is 23.2 Å². The van der Waals surface area contributed by atoms with Crippen molar-refractivity contribution in [2.45, 2.75) is 51.9 Å². The van der Waals surface area contributed by atoms with Crippen LogP contribution in [0.4, 0.5) is 5.69 Å². The number of Topliss-reactive ketones (excluding diaryl/α,β-unsaturated/α-hetero) is 1. The van der Waals surface area contributed by atoms with Gasteiger partial charge in [0.2, 0.25) is 0 Å². The Hall–Kier alpha value is -2.17. The van der Waals surface area contributed by atoms with Crippen LogP contribution < -0.4 is 5.32 Å². The quantitative estimate of drug-likeness (QED) is 0.608. The second-order valence-electron chi connectivity index (χ2n) is 8.94. The van der Waals surface area contributed by atoms with E-state index in [1.54, 1.807) is 24.3 Å². The van der Waals surface area contributed by atoms with Crippen molar-refractivity contribution < 1.29 is 19.1 Å². The normalized spacial score (nSPS) is 30.8. The molecule has 0 heterocycles. The van der Waals surface area contributed by atoms with Gasteiger partial charge >= 0.3 is 5.97 Å². The van der Waals surface area contributed by atoms with Crippen molar-refractivity contribution in [3.8, 4) is 0 Å². The summed E-state index contributed by atoms with van der Waals surface area (Å²) in [5.74, 6) is 1.68. The van der Waals surface area contributed by atoms with Gasteiger partial charge < -0.3 is 10.1 Å². The maximum absolute atomic E-state index is 12.4. The zero-order valence-electron chi connectivity index (χ0n) is 15.8. The van der Waals surface area contributed by atoms with Gasteiger partial charge in [-0.2, -0.15) is 0 Å². The molecule has 1 aromatic carbocycles. The highest BCUT2D eigenvalue weighted by Crippen LogP contribution is 2.61. The van der Waals surface area contributed by atoms with Crippen molar-refractivity contribution >= 4 is 23.3 Å². The first kappa shape index (κ1) is 18.2. The Morgan fingerprint density at radius 1 is 1.07 bits per heavy atom. The van der Waals surface area contributed by atoms with Gasteiger partial charge in [0.1, 0.15) is 0 Å². The molecule has 4 fully saturated rings. The van der Waals surface area contributed by atoms with E-state index in [4.69, 9.17) is 4.74 Å². The highest BCUT2D eigenvalue weighted by molar-refractivity contribution is 5.97. The highest BCUT2D eigenvalue weighted by Gasteiger charge is 2.51. The van der Waals surface area contributed by atoms with E-state index < -0.39 is 0 Å². The van der Waals surface area contributed by atoms with E-state index >= 15 is 0 Å². The average molecular weight is 369 g/mol. The molecule has 5 heteroatoms. The number of ether oxygens (including phenoxy) is 1. The second-order valence-corrected chi connectivity index (χ2v) is 8.94. The molecule has 0 aromatic heterocycles. The van der Waals surface area contributed by atoms with Crippen molar-refractivity contribution in [1.29, 1.82) is 0 Å². The number of nitrogens with one attached hydrogen (secondary N) is 1. The number of carbonyl (C=O) groups is 3. The van der Waals surface area contributed by atoms with Crippen molar-refractivity contribution in [3.05, 3.63) is 29.8 Å². The predicted octanol–water partition coefficient (Wildman–Crippen LogP) is 3.98. The van der Waals surface area contributed by atoms with Gasteiger partial charge in [0.15, 0.2) is 12.4 Å². The summed E-state index contributed by atoms with van der Waals surface area (Å²) in [4.78, 5) is 35.9. The first-order valence-corrected chi connectivity index (χ1v) is 9.97. The van der Waals surface area contributed by atoms with E-state index in [0.29, 0.717) is 17.7 Å². The Balaban J connectivity index is 1.27. The number of amides is 1. The van der Waals surface area contributed by atoms with Crippen LogP contribution in [0.5, 0.6) is 0 Å². The van der Waals surface area contributed by atoms with E-state index in [9.17, 15) is 14.4 Å². The third kappa shape index (κ3) is 4.07. The van der Waals surface area contributed by atoms with Crippen LogP contribution in [0.15, 0.2) is 24.3 Å². The molecule has 0 unspecified atom stereocenters. The molecule has 4 saturated carbocycles. The van der Waals surface area contributed by atoms with E-state index in [1.807, 2.05) is 0 Å². The Labute approximate surface area is 159 Å². The van der Waals surface area contributed by atoms with Gasteiger partial charge in [-0.3, -0.25) is 14.4 Å². The second kappa shape index (κ2) is 7.10. The lowest BCUT2D eigenvalue weighted by Crippen LogP contribution is -2.47. The van der Waals surface area contributed by atoms with Crippen molar-refractivity contribution in [1.82, 2.24) is 0 Å². The fraction of sp³-hybridized carbons (Fsp3) is 0.591. The maximum atomic E-state index is 12.4. The predicted molar refractivity (Wildman–Crippen MR) is 101 cm³/mol. The van der Waals surface area contributed by atoms with Crippen LogP contribution in [0.2, 0.25) is 0 Å². The first-order valence-electron chi connectivity index (χ1n) is 9.97. The van der Waals surface area contributed by atoms with Gasteiger partial charge in [0.05, 0.1) is 6.42 Å². The number of hydrogen-bond acceptors (Lipinski definition) is 4. The monoisotopic (exact) mass is 369 g/mol. The maximum Gasteiger partial charge on any atom is 0.306 e. The van der Waals surface area contributed by atoms with Gasteiger partial charge in [-0.1, -0.05) is 12.1 Å². The minimum absolute atomic E-state index is 0.0619. The largest absolute Gasteiger partial charge is 0.456 e. The molecule has 5 nitrogen and oxygen atoms in total. The van der Waals surface area contributed by atoms with E-state index in [0.717, 1.165) is 37.0 Å². The molecule has 1 aromatic rings. The number of benzene rings is 1. The Morgan fingerprint density at radius 2 is 1.70 bits per heavy atom. The van der Waals surface area contributed by atoms with Crippen molar-refractivity contribution in [3.63, 3.8) is 0 Å². The standard InChI is InChI=1S/C22H27NO4/c1-14(24)18-3-2-4-19(8-18)23-20(25)13-27-21(26)12-22-9-15-5-16(10-22)7-17(6-15)11-22/h2-4,8,15-17H,5-7,9-13H2,1H3,(H,23,25). The SMILES string of the molecule is CC(=O)c1cccc(NC(=O)COC(=O)CC23CC4CC(CC(C4)C2)C3)c1. The van der Waals surface area contributed by atoms with Gasteiger partial charge in [0, 0.05) is 11.3 Å². The smallest absolute Gasteiger partial charge is 0.306 e. The van der Waals surface area contributed by atoms with E-state index in [1.165, 1.54) is 26.2 Å². The average Bonchev–Trinajstić information content (AvgIpc) is 2.58. The Morgan fingerprint density at radius 3 is 2.30 bits per heavy atom. The molecule has 0 aliphatic heterocycles. The molecule has 144 valence electrons. The molecule has 4 aliphatic rings. The van der Waals surface area contributed by atoms with Gasteiger partial charge in [0.25, 0.3) is 5.91 Å². The molecular formula is C22H27NO4.